The number of nitrogens with two attached hydrogens (primary N) is 1. The van der Waals surface area contributed by atoms with E-state index < -0.39 is 5.82 Å². The molecule has 0 aliphatic carbocycles. The highest BCUT2D eigenvalue weighted by atomic mass is 19.1. The molecule has 0 bridgehead atoms. The van der Waals surface area contributed by atoms with Gasteiger partial charge in [0.25, 0.3) is 0 Å². The molecule has 1 amide bonds. The Morgan fingerprint density at radius 3 is 3.00 bits per heavy atom. The van der Waals surface area contributed by atoms with E-state index in [0.29, 0.717) is 18.5 Å². The highest BCUT2D eigenvalue weighted by molar-refractivity contribution is 5.94. The molecule has 2 atom stereocenters. The van der Waals surface area contributed by atoms with E-state index in [4.69, 9.17) is 10.5 Å². The minimum Gasteiger partial charge on any atom is -0.376 e. The van der Waals surface area contributed by atoms with Crippen LogP contribution in [0.5, 0.6) is 0 Å². The summed E-state index contributed by atoms with van der Waals surface area (Å²) in [4.78, 5) is 11.3. The van der Waals surface area contributed by atoms with Crippen molar-refractivity contribution in [2.45, 2.75) is 37.8 Å². The van der Waals surface area contributed by atoms with E-state index in [9.17, 15) is 9.18 Å². The first-order chi connectivity index (χ1) is 9.15. The second-order valence-electron chi connectivity index (χ2n) is 5.16. The van der Waals surface area contributed by atoms with Crippen LogP contribution in [-0.4, -0.2) is 18.6 Å². The number of halogens is 1. The lowest BCUT2D eigenvalue weighted by Crippen LogP contribution is -2.27. The fourth-order valence-corrected chi connectivity index (χ4v) is 2.77. The number of benzene rings is 1. The number of rotatable bonds is 2. The maximum absolute atomic E-state index is 14.0. The molecular formula is C14H17FN2O2. The van der Waals surface area contributed by atoms with Crippen molar-refractivity contribution in [1.82, 2.24) is 0 Å². The van der Waals surface area contributed by atoms with Crippen molar-refractivity contribution < 1.29 is 13.9 Å². The van der Waals surface area contributed by atoms with Crippen LogP contribution >= 0.6 is 0 Å². The Hall–Kier alpha value is -1.46. The molecular weight excluding hydrogens is 247 g/mol. The molecule has 0 spiro atoms. The number of aryl methyl sites for hydroxylation is 1. The quantitative estimate of drug-likeness (QED) is 0.857. The van der Waals surface area contributed by atoms with Gasteiger partial charge in [-0.15, -0.1) is 0 Å². The van der Waals surface area contributed by atoms with Gasteiger partial charge in [-0.1, -0.05) is 6.07 Å². The number of amides is 1. The van der Waals surface area contributed by atoms with Crippen LogP contribution in [0.1, 0.15) is 36.4 Å². The number of anilines is 1. The van der Waals surface area contributed by atoms with Crippen LogP contribution in [0.4, 0.5) is 10.1 Å². The van der Waals surface area contributed by atoms with Gasteiger partial charge in [-0.05, 0) is 36.5 Å². The zero-order valence-corrected chi connectivity index (χ0v) is 10.6. The molecule has 0 saturated carbocycles. The van der Waals surface area contributed by atoms with Crippen LogP contribution in [0.3, 0.4) is 0 Å². The maximum atomic E-state index is 14.0. The molecule has 2 heterocycles. The molecule has 19 heavy (non-hydrogen) atoms. The molecule has 1 aromatic carbocycles. The molecule has 2 aliphatic heterocycles. The Kier molecular flexibility index (Phi) is 3.24. The zero-order chi connectivity index (χ0) is 13.4. The number of hydrogen-bond donors (Lipinski definition) is 2. The van der Waals surface area contributed by atoms with E-state index in [2.05, 4.69) is 5.32 Å². The number of fused-ring (bicyclic) bond motifs is 1. The third-order valence-corrected chi connectivity index (χ3v) is 3.83. The summed E-state index contributed by atoms with van der Waals surface area (Å²) in [6.45, 7) is 0.724. The van der Waals surface area contributed by atoms with Crippen LogP contribution in [0.25, 0.3) is 0 Å². The number of nitrogens with one attached hydrogen (secondary N) is 1. The van der Waals surface area contributed by atoms with Crippen LogP contribution < -0.4 is 11.1 Å². The second kappa shape index (κ2) is 4.90. The summed E-state index contributed by atoms with van der Waals surface area (Å²) in [5.41, 5.74) is 8.03. The zero-order valence-electron chi connectivity index (χ0n) is 10.6. The molecule has 102 valence electrons. The summed E-state index contributed by atoms with van der Waals surface area (Å²) in [7, 11) is 0. The standard InChI is InChI=1S/C14H17FN2O2/c15-10-7-9(13(16)11-2-1-5-19-11)6-8-3-4-12(18)17-14(8)10/h6-7,11,13H,1-5,16H2,(H,17,18). The largest absolute Gasteiger partial charge is 0.376 e. The second-order valence-corrected chi connectivity index (χ2v) is 5.16. The number of ether oxygens (including phenoxy) is 1. The maximum Gasteiger partial charge on any atom is 0.224 e. The van der Waals surface area contributed by atoms with E-state index in [1.54, 1.807) is 0 Å². The SMILES string of the molecule is NC(c1cc(F)c2c(c1)CCC(=O)N2)C1CCCO1. The van der Waals surface area contributed by atoms with Crippen LogP contribution in [0.2, 0.25) is 0 Å². The van der Waals surface area contributed by atoms with Gasteiger partial charge in [0.05, 0.1) is 17.8 Å². The van der Waals surface area contributed by atoms with Crippen molar-refractivity contribution in [3.05, 3.63) is 29.1 Å². The first-order valence-electron chi connectivity index (χ1n) is 6.64. The molecule has 5 heteroatoms. The van der Waals surface area contributed by atoms with E-state index in [-0.39, 0.29) is 18.1 Å². The highest BCUT2D eigenvalue weighted by Gasteiger charge is 2.27. The van der Waals surface area contributed by atoms with Gasteiger partial charge in [-0.25, -0.2) is 4.39 Å². The van der Waals surface area contributed by atoms with E-state index in [0.717, 1.165) is 30.6 Å². The van der Waals surface area contributed by atoms with E-state index >= 15 is 0 Å². The summed E-state index contributed by atoms with van der Waals surface area (Å²) >= 11 is 0. The molecule has 1 saturated heterocycles. The molecule has 2 aliphatic rings. The molecule has 1 fully saturated rings. The van der Waals surface area contributed by atoms with Crippen LogP contribution in [0, 0.1) is 5.82 Å². The molecule has 0 aromatic heterocycles. The Morgan fingerprint density at radius 1 is 1.42 bits per heavy atom. The average molecular weight is 264 g/mol. The van der Waals surface area contributed by atoms with E-state index in [1.165, 1.54) is 6.07 Å². The summed E-state index contributed by atoms with van der Waals surface area (Å²) in [5, 5.41) is 2.58. The van der Waals surface area contributed by atoms with Gasteiger partial charge >= 0.3 is 0 Å². The van der Waals surface area contributed by atoms with Gasteiger partial charge in [0, 0.05) is 13.0 Å². The summed E-state index contributed by atoms with van der Waals surface area (Å²) in [6, 6.07) is 3.00. The Labute approximate surface area is 111 Å². The van der Waals surface area contributed by atoms with Crippen molar-refractivity contribution in [1.29, 1.82) is 0 Å². The minimum absolute atomic E-state index is 0.0318. The third-order valence-electron chi connectivity index (χ3n) is 3.83. The monoisotopic (exact) mass is 264 g/mol. The molecule has 0 radical (unpaired) electrons. The fourth-order valence-electron chi connectivity index (χ4n) is 2.77. The van der Waals surface area contributed by atoms with Gasteiger partial charge in [-0.2, -0.15) is 0 Å². The smallest absolute Gasteiger partial charge is 0.224 e. The normalized spacial score (nSPS) is 23.9. The van der Waals surface area contributed by atoms with Crippen molar-refractivity contribution >= 4 is 11.6 Å². The van der Waals surface area contributed by atoms with Gasteiger partial charge in [0.15, 0.2) is 0 Å². The summed E-state index contributed by atoms with van der Waals surface area (Å²) in [6.07, 6.45) is 2.84. The van der Waals surface area contributed by atoms with Crippen molar-refractivity contribution in [3.8, 4) is 0 Å². The molecule has 3 N–H and O–H groups in total. The molecule has 1 aromatic rings. The molecule has 3 rings (SSSR count). The first-order valence-corrected chi connectivity index (χ1v) is 6.64. The molecule has 4 nitrogen and oxygen atoms in total. The number of hydrogen-bond acceptors (Lipinski definition) is 3. The lowest BCUT2D eigenvalue weighted by Gasteiger charge is -2.23. The summed E-state index contributed by atoms with van der Waals surface area (Å²) in [5.74, 6) is -0.545. The average Bonchev–Trinajstić information content (AvgIpc) is 2.92. The van der Waals surface area contributed by atoms with Gasteiger partial charge < -0.3 is 15.8 Å². The third kappa shape index (κ3) is 2.35. The fraction of sp³-hybridized carbons (Fsp3) is 0.500. The Morgan fingerprint density at radius 2 is 2.26 bits per heavy atom. The van der Waals surface area contributed by atoms with Crippen molar-refractivity contribution in [2.75, 3.05) is 11.9 Å². The Bertz CT molecular complexity index is 512. The van der Waals surface area contributed by atoms with E-state index in [1.807, 2.05) is 6.07 Å². The lowest BCUT2D eigenvalue weighted by molar-refractivity contribution is -0.116. The predicted molar refractivity (Wildman–Crippen MR) is 69.3 cm³/mol. The van der Waals surface area contributed by atoms with Crippen LogP contribution in [-0.2, 0) is 16.0 Å². The van der Waals surface area contributed by atoms with Crippen molar-refractivity contribution in [2.24, 2.45) is 5.73 Å². The lowest BCUT2D eigenvalue weighted by atomic mass is 9.94. The predicted octanol–water partition coefficient (Wildman–Crippen LogP) is 1.89. The minimum atomic E-state index is -0.408. The topological polar surface area (TPSA) is 64.4 Å². The number of carbonyl (C=O) groups excluding carboxylic acids is 1. The first kappa shape index (κ1) is 12.6. The van der Waals surface area contributed by atoms with Gasteiger partial charge in [0.2, 0.25) is 5.91 Å². The van der Waals surface area contributed by atoms with Gasteiger partial charge in [-0.3, -0.25) is 4.79 Å². The van der Waals surface area contributed by atoms with Gasteiger partial charge in [0.1, 0.15) is 5.82 Å². The van der Waals surface area contributed by atoms with Crippen molar-refractivity contribution in [3.63, 3.8) is 0 Å². The molecule has 2 unspecified atom stereocenters. The summed E-state index contributed by atoms with van der Waals surface area (Å²) < 4.78 is 19.6. The Balaban J connectivity index is 1.91. The number of carbonyl (C=O) groups is 1. The van der Waals surface area contributed by atoms with Crippen LogP contribution in [0.15, 0.2) is 12.1 Å². The highest BCUT2D eigenvalue weighted by Crippen LogP contribution is 2.32.